The number of likely N-dealkylation sites (N-methyl/N-ethyl adjacent to an activating group) is 1. The number of primary sulfonamides is 1. The van der Waals surface area contributed by atoms with Gasteiger partial charge in [0.15, 0.2) is 18.2 Å². The third kappa shape index (κ3) is 5.55. The molecule has 0 unspecified atom stereocenters. The van der Waals surface area contributed by atoms with Crippen LogP contribution in [0, 0.1) is 19.7 Å². The first-order chi connectivity index (χ1) is 13.9. The van der Waals surface area contributed by atoms with Crippen molar-refractivity contribution in [2.75, 3.05) is 20.8 Å². The van der Waals surface area contributed by atoms with Gasteiger partial charge in [-0.3, -0.25) is 4.79 Å². The lowest BCUT2D eigenvalue weighted by Gasteiger charge is -2.18. The van der Waals surface area contributed by atoms with Gasteiger partial charge >= 0.3 is 5.97 Å². The van der Waals surface area contributed by atoms with Crippen molar-refractivity contribution in [3.05, 3.63) is 58.4 Å². The van der Waals surface area contributed by atoms with Crippen molar-refractivity contribution in [2.45, 2.75) is 25.3 Å². The molecule has 10 heteroatoms. The Labute approximate surface area is 174 Å². The number of halogens is 1. The number of sulfonamides is 1. The van der Waals surface area contributed by atoms with Gasteiger partial charge in [-0.1, -0.05) is 6.07 Å². The average molecular weight is 438 g/mol. The lowest BCUT2D eigenvalue weighted by atomic mass is 10.1. The molecule has 0 aromatic heterocycles. The van der Waals surface area contributed by atoms with E-state index in [2.05, 4.69) is 0 Å². The topological polar surface area (TPSA) is 116 Å². The average Bonchev–Trinajstić information content (AvgIpc) is 2.66. The van der Waals surface area contributed by atoms with E-state index in [1.165, 1.54) is 37.3 Å². The van der Waals surface area contributed by atoms with Crippen LogP contribution in [0.2, 0.25) is 0 Å². The third-order valence-corrected chi connectivity index (χ3v) is 5.59. The van der Waals surface area contributed by atoms with Gasteiger partial charge in [-0.25, -0.2) is 22.7 Å². The summed E-state index contributed by atoms with van der Waals surface area (Å²) < 4.78 is 47.0. The normalized spacial score (nSPS) is 11.1. The number of nitrogens with two attached hydrogens (primary N) is 1. The van der Waals surface area contributed by atoms with E-state index in [9.17, 15) is 22.4 Å². The molecule has 0 spiro atoms. The number of carbonyl (C=O) groups is 2. The van der Waals surface area contributed by atoms with Crippen LogP contribution in [-0.4, -0.2) is 46.0 Å². The Morgan fingerprint density at radius 1 is 1.17 bits per heavy atom. The van der Waals surface area contributed by atoms with E-state index in [0.717, 1.165) is 6.07 Å². The molecule has 162 valence electrons. The number of carbonyl (C=O) groups excluding carboxylic acids is 2. The molecule has 0 aliphatic heterocycles. The number of hydrogen-bond donors (Lipinski definition) is 1. The summed E-state index contributed by atoms with van der Waals surface area (Å²) in [6, 6.07) is 6.89. The van der Waals surface area contributed by atoms with Crippen LogP contribution in [0.1, 0.15) is 27.0 Å². The van der Waals surface area contributed by atoms with Crippen LogP contribution >= 0.6 is 0 Å². The Balaban J connectivity index is 2.04. The van der Waals surface area contributed by atoms with Gasteiger partial charge < -0.3 is 14.4 Å². The lowest BCUT2D eigenvalue weighted by Crippen LogP contribution is -2.31. The quantitative estimate of drug-likeness (QED) is 0.660. The predicted molar refractivity (Wildman–Crippen MR) is 107 cm³/mol. The molecule has 1 amide bonds. The summed E-state index contributed by atoms with van der Waals surface area (Å²) >= 11 is 0. The van der Waals surface area contributed by atoms with Crippen molar-refractivity contribution in [2.24, 2.45) is 5.14 Å². The number of esters is 1. The van der Waals surface area contributed by atoms with Gasteiger partial charge in [-0.2, -0.15) is 0 Å². The molecule has 0 saturated heterocycles. The lowest BCUT2D eigenvalue weighted by molar-refractivity contribution is -0.133. The molecular weight excluding hydrogens is 415 g/mol. The maximum Gasteiger partial charge on any atom is 0.338 e. The number of hydrogen-bond acceptors (Lipinski definition) is 6. The molecule has 0 fully saturated rings. The zero-order valence-corrected chi connectivity index (χ0v) is 17.9. The zero-order chi connectivity index (χ0) is 22.6. The Morgan fingerprint density at radius 2 is 1.83 bits per heavy atom. The molecule has 2 N–H and O–H groups in total. The van der Waals surface area contributed by atoms with Crippen LogP contribution in [-0.2, 0) is 26.1 Å². The van der Waals surface area contributed by atoms with Gasteiger partial charge in [0.05, 0.1) is 17.6 Å². The van der Waals surface area contributed by atoms with Crippen molar-refractivity contribution >= 4 is 21.9 Å². The summed E-state index contributed by atoms with van der Waals surface area (Å²) in [6.07, 6.45) is 0. The molecule has 0 heterocycles. The molecule has 2 aromatic rings. The van der Waals surface area contributed by atoms with Gasteiger partial charge in [0, 0.05) is 13.6 Å². The third-order valence-electron chi connectivity index (χ3n) is 4.55. The summed E-state index contributed by atoms with van der Waals surface area (Å²) in [5, 5.41) is 5.18. The van der Waals surface area contributed by atoms with Crippen LogP contribution in [0.4, 0.5) is 4.39 Å². The van der Waals surface area contributed by atoms with Crippen molar-refractivity contribution in [1.29, 1.82) is 0 Å². The summed E-state index contributed by atoms with van der Waals surface area (Å²) in [4.78, 5) is 25.6. The molecule has 2 aromatic carbocycles. The van der Waals surface area contributed by atoms with Crippen molar-refractivity contribution in [3.8, 4) is 5.75 Å². The van der Waals surface area contributed by atoms with Crippen molar-refractivity contribution in [1.82, 2.24) is 4.90 Å². The highest BCUT2D eigenvalue weighted by Crippen LogP contribution is 2.21. The van der Waals surface area contributed by atoms with Gasteiger partial charge in [-0.05, 0) is 54.8 Å². The largest absolute Gasteiger partial charge is 0.494 e. The molecule has 0 bridgehead atoms. The van der Waals surface area contributed by atoms with Crippen molar-refractivity contribution < 1.29 is 31.9 Å². The second kappa shape index (κ2) is 9.23. The predicted octanol–water partition coefficient (Wildman–Crippen LogP) is 1.91. The van der Waals surface area contributed by atoms with E-state index in [1.807, 2.05) is 0 Å². The number of rotatable bonds is 7. The fourth-order valence-electron chi connectivity index (χ4n) is 2.73. The summed E-state index contributed by atoms with van der Waals surface area (Å²) in [7, 11) is -1.19. The SMILES string of the molecule is COc1ccc(CN(C)C(=O)COC(=O)c2cc(C)c(C)c(S(N)(=O)=O)c2)cc1F. The number of amides is 1. The first-order valence-corrected chi connectivity index (χ1v) is 10.4. The standard InChI is InChI=1S/C20H23FN2O6S/c1-12-7-15(9-18(13(12)2)30(22,26)27)20(25)29-11-19(24)23(3)10-14-5-6-17(28-4)16(21)8-14/h5-9H,10-11H2,1-4H3,(H2,22,26,27). The molecule has 0 atom stereocenters. The minimum absolute atomic E-state index is 0.0326. The second-order valence-corrected chi connectivity index (χ2v) is 8.29. The van der Waals surface area contributed by atoms with Gasteiger partial charge in [0.1, 0.15) is 0 Å². The fourth-order valence-corrected chi connectivity index (χ4v) is 3.61. The molecule has 8 nitrogen and oxygen atoms in total. The monoisotopic (exact) mass is 438 g/mol. The summed E-state index contributed by atoms with van der Waals surface area (Å²) in [5.41, 5.74) is 1.47. The highest BCUT2D eigenvalue weighted by Gasteiger charge is 2.20. The number of nitrogens with zero attached hydrogens (tertiary/aromatic N) is 1. The number of ether oxygens (including phenoxy) is 2. The Hall–Kier alpha value is -2.98. The molecule has 0 aliphatic carbocycles. The highest BCUT2D eigenvalue weighted by atomic mass is 32.2. The molecule has 0 aliphatic rings. The fraction of sp³-hybridized carbons (Fsp3) is 0.300. The van der Waals surface area contributed by atoms with E-state index in [4.69, 9.17) is 14.6 Å². The smallest absolute Gasteiger partial charge is 0.338 e. The van der Waals surface area contributed by atoms with E-state index < -0.39 is 34.3 Å². The maximum atomic E-state index is 13.8. The van der Waals surface area contributed by atoms with E-state index in [0.29, 0.717) is 16.7 Å². The van der Waals surface area contributed by atoms with Crippen LogP contribution in [0.15, 0.2) is 35.2 Å². The molecule has 0 radical (unpaired) electrons. The maximum absolute atomic E-state index is 13.8. The van der Waals surface area contributed by atoms with Crippen LogP contribution in [0.5, 0.6) is 5.75 Å². The van der Waals surface area contributed by atoms with Gasteiger partial charge in [0.2, 0.25) is 10.0 Å². The number of aryl methyl sites for hydroxylation is 1. The van der Waals surface area contributed by atoms with Crippen LogP contribution in [0.3, 0.4) is 0 Å². The van der Waals surface area contributed by atoms with E-state index in [-0.39, 0.29) is 22.8 Å². The van der Waals surface area contributed by atoms with Crippen LogP contribution in [0.25, 0.3) is 0 Å². The molecular formula is C20H23FN2O6S. The van der Waals surface area contributed by atoms with E-state index >= 15 is 0 Å². The first-order valence-electron chi connectivity index (χ1n) is 8.81. The minimum Gasteiger partial charge on any atom is -0.494 e. The second-order valence-electron chi connectivity index (χ2n) is 6.76. The highest BCUT2D eigenvalue weighted by molar-refractivity contribution is 7.89. The Morgan fingerprint density at radius 3 is 2.40 bits per heavy atom. The summed E-state index contributed by atoms with van der Waals surface area (Å²) in [5.74, 6) is -1.84. The Bertz CT molecular complexity index is 1080. The van der Waals surface area contributed by atoms with Gasteiger partial charge in [0.25, 0.3) is 5.91 Å². The molecule has 2 rings (SSSR count). The number of benzene rings is 2. The zero-order valence-electron chi connectivity index (χ0n) is 17.1. The molecule has 30 heavy (non-hydrogen) atoms. The van der Waals surface area contributed by atoms with E-state index in [1.54, 1.807) is 19.9 Å². The molecule has 0 saturated carbocycles. The first kappa shape index (κ1) is 23.3. The number of methoxy groups -OCH3 is 1. The Kier molecular flexibility index (Phi) is 7.16. The minimum atomic E-state index is -4.02. The van der Waals surface area contributed by atoms with Gasteiger partial charge in [-0.15, -0.1) is 0 Å². The van der Waals surface area contributed by atoms with Crippen LogP contribution < -0.4 is 9.88 Å². The summed E-state index contributed by atoms with van der Waals surface area (Å²) in [6.45, 7) is 2.74. The van der Waals surface area contributed by atoms with Crippen molar-refractivity contribution in [3.63, 3.8) is 0 Å².